The predicted molar refractivity (Wildman–Crippen MR) is 298 cm³/mol. The van der Waals surface area contributed by atoms with Crippen molar-refractivity contribution in [2.45, 2.75) is 72.6 Å². The molecule has 0 saturated heterocycles. The SMILES string of the molecule is CC.CC.CC(C)c1c(O)ccc2ccccc12.CC(C)c1c(O)ccc2ccccc12.Oc1ccc(C2(c3ccc(O)c(O)c3)c3ccccc3-c3ccccc32)cc1O.Oc1cccc2ccccc12. The summed E-state index contributed by atoms with van der Waals surface area (Å²) in [5, 5.41) is 75.9. The van der Waals surface area contributed by atoms with E-state index in [-0.39, 0.29) is 23.0 Å². The number of phenols is 7. The van der Waals surface area contributed by atoms with Crippen LogP contribution in [-0.2, 0) is 5.41 Å². The highest BCUT2D eigenvalue weighted by Crippen LogP contribution is 2.57. The second-order valence-electron chi connectivity index (χ2n) is 17.5. The fraction of sp³-hybridized carbons (Fsp3) is 0.169. The van der Waals surface area contributed by atoms with Gasteiger partial charge in [0.15, 0.2) is 23.0 Å². The summed E-state index contributed by atoms with van der Waals surface area (Å²) in [6.07, 6.45) is 0. The maximum absolute atomic E-state index is 10.3. The summed E-state index contributed by atoms with van der Waals surface area (Å²) in [7, 11) is 0. The van der Waals surface area contributed by atoms with Crippen LogP contribution in [0.4, 0.5) is 0 Å². The lowest BCUT2D eigenvalue weighted by Gasteiger charge is -2.34. The van der Waals surface area contributed by atoms with Gasteiger partial charge in [0.2, 0.25) is 0 Å². The second kappa shape index (κ2) is 23.9. The van der Waals surface area contributed by atoms with Crippen LogP contribution < -0.4 is 0 Å². The average Bonchev–Trinajstić information content (AvgIpc) is 3.70. The van der Waals surface area contributed by atoms with Crippen molar-refractivity contribution in [1.82, 2.24) is 0 Å². The normalized spacial score (nSPS) is 11.5. The van der Waals surface area contributed by atoms with Crippen LogP contribution in [0.3, 0.4) is 0 Å². The Morgan fingerprint density at radius 3 is 1.01 bits per heavy atom. The first-order valence-corrected chi connectivity index (χ1v) is 24.6. The van der Waals surface area contributed by atoms with Crippen molar-refractivity contribution in [2.75, 3.05) is 0 Å². The van der Waals surface area contributed by atoms with Crippen LogP contribution in [-0.4, -0.2) is 35.7 Å². The molecule has 0 bridgehead atoms. The Balaban J connectivity index is 0.000000166. The molecule has 0 unspecified atom stereocenters. The van der Waals surface area contributed by atoms with Gasteiger partial charge in [-0.3, -0.25) is 0 Å². The van der Waals surface area contributed by atoms with E-state index in [1.54, 1.807) is 42.5 Å². The third-order valence-electron chi connectivity index (χ3n) is 12.6. The molecule has 10 aromatic rings. The quantitative estimate of drug-likeness (QED) is 0.0871. The fourth-order valence-electron chi connectivity index (χ4n) is 9.53. The van der Waals surface area contributed by atoms with Crippen molar-refractivity contribution in [2.24, 2.45) is 0 Å². The minimum Gasteiger partial charge on any atom is -0.508 e. The molecule has 0 atom stereocenters. The first-order valence-electron chi connectivity index (χ1n) is 24.6. The summed E-state index contributed by atoms with van der Waals surface area (Å²) in [4.78, 5) is 0. The van der Waals surface area contributed by atoms with Crippen LogP contribution in [0.25, 0.3) is 43.4 Å². The molecule has 7 N–H and O–H groups in total. The Kier molecular flexibility index (Phi) is 17.6. The number of hydrogen-bond acceptors (Lipinski definition) is 7. The van der Waals surface area contributed by atoms with Crippen molar-refractivity contribution in [3.05, 3.63) is 234 Å². The largest absolute Gasteiger partial charge is 0.508 e. The molecule has 1 aliphatic rings. The molecule has 7 heteroatoms. The lowest BCUT2D eigenvalue weighted by Crippen LogP contribution is -2.28. The van der Waals surface area contributed by atoms with Gasteiger partial charge in [0.25, 0.3) is 0 Å². The maximum atomic E-state index is 10.3. The summed E-state index contributed by atoms with van der Waals surface area (Å²) in [6.45, 7) is 16.4. The Bertz CT molecular complexity index is 3210. The zero-order valence-corrected chi connectivity index (χ0v) is 42.3. The Morgan fingerprint density at radius 1 is 0.292 bits per heavy atom. The molecule has 1 aliphatic carbocycles. The lowest BCUT2D eigenvalue weighted by molar-refractivity contribution is 0.401. The average molecular weight is 959 g/mol. The zero-order valence-electron chi connectivity index (χ0n) is 42.3. The van der Waals surface area contributed by atoms with Crippen LogP contribution in [0.5, 0.6) is 40.2 Å². The monoisotopic (exact) mass is 958 g/mol. The first kappa shape index (κ1) is 52.9. The van der Waals surface area contributed by atoms with Gasteiger partial charge in [0.05, 0.1) is 5.41 Å². The zero-order chi connectivity index (χ0) is 52.1. The number of hydrogen-bond donors (Lipinski definition) is 7. The van der Waals surface area contributed by atoms with Crippen LogP contribution >= 0.6 is 0 Å². The Labute approximate surface area is 423 Å². The van der Waals surface area contributed by atoms with Gasteiger partial charge in [-0.25, -0.2) is 0 Å². The Morgan fingerprint density at radius 2 is 0.625 bits per heavy atom. The molecule has 11 rings (SSSR count). The fourth-order valence-corrected chi connectivity index (χ4v) is 9.53. The standard InChI is InChI=1S/C25H18O4.2C13H14O.C10H8O.2C2H6/c26-21-11-9-15(13-23(21)28)25(16-10-12-22(27)24(29)14-16)19-7-3-1-5-17(19)18-6-2-4-8-20(18)25;2*1-9(2)13-11-6-4-3-5-10(11)7-8-12(13)14;11-10-7-3-5-8-4-1-2-6-9(8)10;2*1-2/h1-14,26-29H;2*3-9,14H,1-2H3;1-7,11H;2*1-2H3. The van der Waals surface area contributed by atoms with Crippen molar-refractivity contribution in [3.63, 3.8) is 0 Å². The molecule has 0 aliphatic heterocycles. The molecule has 0 amide bonds. The summed E-state index contributed by atoms with van der Waals surface area (Å²) < 4.78 is 0. The second-order valence-corrected chi connectivity index (χ2v) is 17.5. The Hall–Kier alpha value is -8.42. The van der Waals surface area contributed by atoms with Crippen LogP contribution in [0.2, 0.25) is 0 Å². The highest BCUT2D eigenvalue weighted by atomic mass is 16.3. The summed E-state index contributed by atoms with van der Waals surface area (Å²) in [6, 6.07) is 62.7. The predicted octanol–water partition coefficient (Wildman–Crippen LogP) is 16.8. The third kappa shape index (κ3) is 10.8. The number of fused-ring (bicyclic) bond motifs is 6. The van der Waals surface area contributed by atoms with E-state index >= 15 is 0 Å². The third-order valence-corrected chi connectivity index (χ3v) is 12.6. The van der Waals surface area contributed by atoms with Crippen molar-refractivity contribution < 1.29 is 35.7 Å². The van der Waals surface area contributed by atoms with E-state index in [1.807, 2.05) is 137 Å². The number of benzene rings is 10. The smallest absolute Gasteiger partial charge is 0.157 e. The van der Waals surface area contributed by atoms with Gasteiger partial charge >= 0.3 is 0 Å². The highest BCUT2D eigenvalue weighted by Gasteiger charge is 2.46. The molecular weight excluding hydrogens is 893 g/mol. The van der Waals surface area contributed by atoms with E-state index in [0.717, 1.165) is 66.1 Å². The van der Waals surface area contributed by atoms with E-state index < -0.39 is 5.41 Å². The van der Waals surface area contributed by atoms with Gasteiger partial charge in [-0.1, -0.05) is 213 Å². The summed E-state index contributed by atoms with van der Waals surface area (Å²) >= 11 is 0. The molecule has 0 spiro atoms. The molecule has 0 saturated carbocycles. The van der Waals surface area contributed by atoms with E-state index in [0.29, 0.717) is 29.1 Å². The van der Waals surface area contributed by atoms with Gasteiger partial charge < -0.3 is 35.7 Å². The molecule has 368 valence electrons. The molecule has 10 aromatic carbocycles. The summed E-state index contributed by atoms with van der Waals surface area (Å²) in [5.74, 6) is 1.02. The minimum atomic E-state index is -0.830. The van der Waals surface area contributed by atoms with Crippen molar-refractivity contribution >= 4 is 32.3 Å². The van der Waals surface area contributed by atoms with Crippen LogP contribution in [0.1, 0.15) is 101 Å². The van der Waals surface area contributed by atoms with Gasteiger partial charge in [-0.05, 0) is 115 Å². The number of rotatable bonds is 4. The molecule has 0 heterocycles. The molecule has 0 aromatic heterocycles. The lowest BCUT2D eigenvalue weighted by atomic mass is 9.67. The maximum Gasteiger partial charge on any atom is 0.157 e. The van der Waals surface area contributed by atoms with E-state index in [4.69, 9.17) is 0 Å². The molecule has 0 radical (unpaired) electrons. The highest BCUT2D eigenvalue weighted by molar-refractivity contribution is 5.90. The minimum absolute atomic E-state index is 0.197. The van der Waals surface area contributed by atoms with E-state index in [1.165, 1.54) is 22.9 Å². The van der Waals surface area contributed by atoms with Gasteiger partial charge in [-0.2, -0.15) is 0 Å². The van der Waals surface area contributed by atoms with Gasteiger partial charge in [-0.15, -0.1) is 0 Å². The number of phenolic OH excluding ortho intramolecular Hbond substituents is 7. The molecule has 7 nitrogen and oxygen atoms in total. The summed E-state index contributed by atoms with van der Waals surface area (Å²) in [5.41, 5.74) is 6.86. The molecule has 72 heavy (non-hydrogen) atoms. The van der Waals surface area contributed by atoms with E-state index in [9.17, 15) is 35.7 Å². The molecular formula is C65H66O7. The first-order chi connectivity index (χ1) is 34.8. The van der Waals surface area contributed by atoms with E-state index in [2.05, 4.69) is 64.1 Å². The molecule has 0 fully saturated rings. The van der Waals surface area contributed by atoms with Crippen LogP contribution in [0.15, 0.2) is 200 Å². The number of aromatic hydroxyl groups is 7. The topological polar surface area (TPSA) is 142 Å². The van der Waals surface area contributed by atoms with Crippen LogP contribution in [0, 0.1) is 0 Å². The van der Waals surface area contributed by atoms with Gasteiger partial charge in [0.1, 0.15) is 17.2 Å². The van der Waals surface area contributed by atoms with Crippen molar-refractivity contribution in [3.8, 4) is 51.4 Å². The van der Waals surface area contributed by atoms with Crippen molar-refractivity contribution in [1.29, 1.82) is 0 Å². The van der Waals surface area contributed by atoms with Gasteiger partial charge in [0, 0.05) is 16.5 Å².